The summed E-state index contributed by atoms with van der Waals surface area (Å²) >= 11 is 1.83. The summed E-state index contributed by atoms with van der Waals surface area (Å²) in [4.78, 5) is 20.8. The molecule has 160 valence electrons. The van der Waals surface area contributed by atoms with E-state index in [0.29, 0.717) is 13.1 Å². The second-order valence-electron chi connectivity index (χ2n) is 7.17. The van der Waals surface area contributed by atoms with Crippen molar-refractivity contribution in [2.24, 2.45) is 4.99 Å². The highest BCUT2D eigenvalue weighted by molar-refractivity contribution is 14.0. The molecule has 1 amide bonds. The smallest absolute Gasteiger partial charge is 0.238 e. The molecular formula is C21H32IN5OS. The number of rotatable bonds is 8. The van der Waals surface area contributed by atoms with Gasteiger partial charge in [0, 0.05) is 41.5 Å². The summed E-state index contributed by atoms with van der Waals surface area (Å²) in [6.45, 7) is 5.27. The SMILES string of the molecule is CN=C(NCc1cccc(NC(=O)CN(C)C)c1)NC(C)Cc1ccc(C)s1.I. The van der Waals surface area contributed by atoms with Gasteiger partial charge in [0.2, 0.25) is 5.91 Å². The van der Waals surface area contributed by atoms with E-state index in [9.17, 15) is 4.79 Å². The Kier molecular flexibility index (Phi) is 11.2. The number of thiophene rings is 1. The van der Waals surface area contributed by atoms with Gasteiger partial charge in [0.15, 0.2) is 5.96 Å². The molecule has 0 aliphatic carbocycles. The minimum absolute atomic E-state index is 0. The monoisotopic (exact) mass is 529 g/mol. The summed E-state index contributed by atoms with van der Waals surface area (Å²) in [6.07, 6.45) is 0.965. The van der Waals surface area contributed by atoms with Gasteiger partial charge >= 0.3 is 0 Å². The number of halogens is 1. The van der Waals surface area contributed by atoms with Crippen molar-refractivity contribution >= 4 is 52.9 Å². The lowest BCUT2D eigenvalue weighted by molar-refractivity contribution is -0.116. The van der Waals surface area contributed by atoms with Gasteiger partial charge in [0.25, 0.3) is 0 Å². The third kappa shape index (κ3) is 9.60. The quantitative estimate of drug-likeness (QED) is 0.279. The number of amides is 1. The van der Waals surface area contributed by atoms with Crippen LogP contribution in [0.5, 0.6) is 0 Å². The Morgan fingerprint density at radius 1 is 1.24 bits per heavy atom. The number of likely N-dealkylation sites (N-methyl/N-ethyl adjacent to an activating group) is 1. The molecule has 0 bridgehead atoms. The number of hydrogen-bond donors (Lipinski definition) is 3. The van der Waals surface area contributed by atoms with Crippen molar-refractivity contribution in [3.8, 4) is 0 Å². The number of aryl methyl sites for hydroxylation is 1. The molecule has 0 spiro atoms. The molecule has 1 unspecified atom stereocenters. The summed E-state index contributed by atoms with van der Waals surface area (Å²) in [6, 6.07) is 12.5. The number of carbonyl (C=O) groups excluding carboxylic acids is 1. The number of hydrogen-bond acceptors (Lipinski definition) is 4. The van der Waals surface area contributed by atoms with Crippen LogP contribution >= 0.6 is 35.3 Å². The molecule has 6 nitrogen and oxygen atoms in total. The van der Waals surface area contributed by atoms with E-state index in [0.717, 1.165) is 23.6 Å². The van der Waals surface area contributed by atoms with E-state index in [1.807, 2.05) is 54.6 Å². The van der Waals surface area contributed by atoms with Crippen LogP contribution in [0, 0.1) is 6.92 Å². The maximum Gasteiger partial charge on any atom is 0.238 e. The van der Waals surface area contributed by atoms with Gasteiger partial charge in [-0.15, -0.1) is 35.3 Å². The molecule has 0 radical (unpaired) electrons. The Balaban J connectivity index is 0.00000420. The number of nitrogens with zero attached hydrogens (tertiary/aromatic N) is 2. The van der Waals surface area contributed by atoms with Crippen molar-refractivity contribution in [2.45, 2.75) is 32.9 Å². The largest absolute Gasteiger partial charge is 0.354 e. The predicted octanol–water partition coefficient (Wildman–Crippen LogP) is 3.47. The molecule has 0 fully saturated rings. The van der Waals surface area contributed by atoms with Crippen molar-refractivity contribution < 1.29 is 4.79 Å². The number of nitrogens with one attached hydrogen (secondary N) is 3. The van der Waals surface area contributed by atoms with Gasteiger partial charge in [-0.25, -0.2) is 0 Å². The predicted molar refractivity (Wildman–Crippen MR) is 135 cm³/mol. The van der Waals surface area contributed by atoms with Crippen LogP contribution in [-0.4, -0.2) is 50.5 Å². The summed E-state index contributed by atoms with van der Waals surface area (Å²) in [5.41, 5.74) is 1.88. The maximum absolute atomic E-state index is 11.9. The van der Waals surface area contributed by atoms with Gasteiger partial charge in [-0.05, 0) is 57.8 Å². The lowest BCUT2D eigenvalue weighted by Crippen LogP contribution is -2.42. The molecule has 1 atom stereocenters. The molecule has 8 heteroatoms. The van der Waals surface area contributed by atoms with Gasteiger partial charge < -0.3 is 20.9 Å². The fourth-order valence-electron chi connectivity index (χ4n) is 2.81. The first kappa shape index (κ1) is 25.4. The van der Waals surface area contributed by atoms with Gasteiger partial charge in [0.1, 0.15) is 0 Å². The number of benzene rings is 1. The van der Waals surface area contributed by atoms with E-state index in [-0.39, 0.29) is 35.9 Å². The summed E-state index contributed by atoms with van der Waals surface area (Å²) < 4.78 is 0. The van der Waals surface area contributed by atoms with Crippen LogP contribution in [0.1, 0.15) is 22.2 Å². The lowest BCUT2D eigenvalue weighted by atomic mass is 10.2. The first-order chi connectivity index (χ1) is 13.4. The van der Waals surface area contributed by atoms with Crippen molar-refractivity contribution in [3.63, 3.8) is 0 Å². The summed E-state index contributed by atoms with van der Waals surface area (Å²) in [5, 5.41) is 9.70. The fraction of sp³-hybridized carbons (Fsp3) is 0.429. The van der Waals surface area contributed by atoms with Crippen LogP contribution < -0.4 is 16.0 Å². The van der Waals surface area contributed by atoms with Gasteiger partial charge in [-0.2, -0.15) is 0 Å². The summed E-state index contributed by atoms with van der Waals surface area (Å²) in [5.74, 6) is 0.744. The fourth-order valence-corrected chi connectivity index (χ4v) is 3.83. The highest BCUT2D eigenvalue weighted by atomic mass is 127. The van der Waals surface area contributed by atoms with Crippen molar-refractivity contribution in [3.05, 3.63) is 51.7 Å². The van der Waals surface area contributed by atoms with E-state index in [1.165, 1.54) is 9.75 Å². The van der Waals surface area contributed by atoms with Crippen LogP contribution in [0.3, 0.4) is 0 Å². The Bertz CT molecular complexity index is 806. The van der Waals surface area contributed by atoms with Crippen molar-refractivity contribution in [2.75, 3.05) is 33.0 Å². The van der Waals surface area contributed by atoms with Crippen LogP contribution in [-0.2, 0) is 17.8 Å². The van der Waals surface area contributed by atoms with Gasteiger partial charge in [0.05, 0.1) is 6.54 Å². The highest BCUT2D eigenvalue weighted by Crippen LogP contribution is 2.16. The van der Waals surface area contributed by atoms with E-state index < -0.39 is 0 Å². The highest BCUT2D eigenvalue weighted by Gasteiger charge is 2.08. The molecule has 0 aliphatic heterocycles. The molecule has 29 heavy (non-hydrogen) atoms. The van der Waals surface area contributed by atoms with E-state index in [4.69, 9.17) is 0 Å². The Morgan fingerprint density at radius 3 is 2.62 bits per heavy atom. The maximum atomic E-state index is 11.9. The van der Waals surface area contributed by atoms with Crippen LogP contribution in [0.4, 0.5) is 5.69 Å². The average molecular weight is 529 g/mol. The molecular weight excluding hydrogens is 497 g/mol. The van der Waals surface area contributed by atoms with E-state index >= 15 is 0 Å². The summed E-state index contributed by atoms with van der Waals surface area (Å²) in [7, 11) is 5.52. The Morgan fingerprint density at radius 2 is 2.00 bits per heavy atom. The number of aliphatic imine (C=N–C) groups is 1. The first-order valence-electron chi connectivity index (χ1n) is 9.41. The van der Waals surface area contributed by atoms with Crippen molar-refractivity contribution in [1.29, 1.82) is 0 Å². The minimum Gasteiger partial charge on any atom is -0.354 e. The topological polar surface area (TPSA) is 68.8 Å². The van der Waals surface area contributed by atoms with Gasteiger partial charge in [-0.1, -0.05) is 12.1 Å². The first-order valence-corrected chi connectivity index (χ1v) is 10.2. The molecule has 0 aliphatic rings. The molecule has 1 aromatic carbocycles. The molecule has 3 N–H and O–H groups in total. The zero-order valence-corrected chi connectivity index (χ0v) is 20.9. The van der Waals surface area contributed by atoms with Gasteiger partial charge in [-0.3, -0.25) is 9.79 Å². The van der Waals surface area contributed by atoms with Crippen molar-refractivity contribution in [1.82, 2.24) is 15.5 Å². The minimum atomic E-state index is -0.0229. The third-order valence-electron chi connectivity index (χ3n) is 4.04. The molecule has 0 saturated heterocycles. The van der Waals surface area contributed by atoms with Crippen LogP contribution in [0.15, 0.2) is 41.4 Å². The van der Waals surface area contributed by atoms with Crippen LogP contribution in [0.25, 0.3) is 0 Å². The number of anilines is 1. The van der Waals surface area contributed by atoms with Crippen LogP contribution in [0.2, 0.25) is 0 Å². The second-order valence-corrected chi connectivity index (χ2v) is 8.55. The molecule has 0 saturated carbocycles. The van der Waals surface area contributed by atoms with E-state index in [1.54, 1.807) is 7.05 Å². The molecule has 1 aromatic heterocycles. The molecule has 1 heterocycles. The van der Waals surface area contributed by atoms with E-state index in [2.05, 4.69) is 46.9 Å². The standard InChI is InChI=1S/C21H31N5OS.HI/c1-15(11-19-10-9-16(2)28-19)24-21(22-3)23-13-17-7-6-8-18(12-17)25-20(27)14-26(4)5;/h6-10,12,15H,11,13-14H2,1-5H3,(H,25,27)(H2,22,23,24);1H. The lowest BCUT2D eigenvalue weighted by Gasteiger charge is -2.18. The third-order valence-corrected chi connectivity index (χ3v) is 5.06. The molecule has 2 rings (SSSR count). The zero-order chi connectivity index (χ0) is 20.5. The Hall–Kier alpha value is -1.65. The molecule has 2 aromatic rings. The Labute approximate surface area is 195 Å². The second kappa shape index (κ2) is 12.8. The number of carbonyl (C=O) groups is 1. The number of guanidine groups is 1. The normalized spacial score (nSPS) is 12.3. The zero-order valence-electron chi connectivity index (χ0n) is 17.8. The average Bonchev–Trinajstić information content (AvgIpc) is 3.02.